The molecule has 0 aromatic heterocycles. The topological polar surface area (TPSA) is 80.8 Å². The molecule has 2 aromatic rings. The van der Waals surface area contributed by atoms with Crippen LogP contribution in [0.2, 0.25) is 0 Å². The Labute approximate surface area is 159 Å². The van der Waals surface area contributed by atoms with Crippen LogP contribution >= 0.6 is 0 Å². The smallest absolute Gasteiger partial charge is 0.338 e. The van der Waals surface area contributed by atoms with Gasteiger partial charge in [-0.25, -0.2) is 13.2 Å². The molecule has 0 saturated heterocycles. The van der Waals surface area contributed by atoms with E-state index in [2.05, 4.69) is 0 Å². The summed E-state index contributed by atoms with van der Waals surface area (Å²) in [5, 5.41) is 0. The maximum atomic E-state index is 12.4. The number of hydrogen-bond acceptors (Lipinski definition) is 5. The van der Waals surface area contributed by atoms with Crippen LogP contribution in [0, 0.1) is 0 Å². The maximum absolute atomic E-state index is 12.4. The molecule has 0 aliphatic carbocycles. The van der Waals surface area contributed by atoms with E-state index in [-0.39, 0.29) is 17.2 Å². The van der Waals surface area contributed by atoms with E-state index >= 15 is 0 Å². The highest BCUT2D eigenvalue weighted by Gasteiger charge is 2.22. The fourth-order valence-corrected chi connectivity index (χ4v) is 3.36. The first-order valence-electron chi connectivity index (χ1n) is 8.42. The molecule has 0 aliphatic heterocycles. The van der Waals surface area contributed by atoms with Crippen LogP contribution in [0.15, 0.2) is 54.6 Å². The molecule has 0 saturated carbocycles. The number of sulfone groups is 1. The van der Waals surface area contributed by atoms with E-state index in [1.165, 1.54) is 24.0 Å². The second-order valence-corrected chi connectivity index (χ2v) is 8.63. The quantitative estimate of drug-likeness (QED) is 0.680. The molecule has 0 fully saturated rings. The van der Waals surface area contributed by atoms with Crippen LogP contribution in [-0.2, 0) is 31.7 Å². The summed E-state index contributed by atoms with van der Waals surface area (Å²) in [5.41, 5.74) is 1.83. The van der Waals surface area contributed by atoms with Crippen molar-refractivity contribution in [2.24, 2.45) is 0 Å². The number of nitrogens with zero attached hydrogens (tertiary/aromatic N) is 1. The third kappa shape index (κ3) is 6.53. The van der Waals surface area contributed by atoms with Gasteiger partial charge >= 0.3 is 5.97 Å². The van der Waals surface area contributed by atoms with Gasteiger partial charge < -0.3 is 9.64 Å². The zero-order chi connectivity index (χ0) is 20.0. The molecule has 0 N–H and O–H groups in total. The van der Waals surface area contributed by atoms with E-state index in [9.17, 15) is 18.0 Å². The highest BCUT2D eigenvalue weighted by Crippen LogP contribution is 2.11. The Balaban J connectivity index is 1.94. The number of amides is 1. The zero-order valence-electron chi connectivity index (χ0n) is 15.6. The van der Waals surface area contributed by atoms with E-state index < -0.39 is 21.9 Å². The first-order valence-corrected chi connectivity index (χ1v) is 10.5. The van der Waals surface area contributed by atoms with Crippen molar-refractivity contribution in [3.63, 3.8) is 0 Å². The van der Waals surface area contributed by atoms with Crippen LogP contribution in [0.5, 0.6) is 0 Å². The first kappa shape index (κ1) is 20.6. The van der Waals surface area contributed by atoms with Crippen LogP contribution in [0.3, 0.4) is 0 Å². The summed E-state index contributed by atoms with van der Waals surface area (Å²) >= 11 is 0. The summed E-state index contributed by atoms with van der Waals surface area (Å²) in [5.74, 6) is -1.03. The minimum atomic E-state index is -3.14. The molecule has 7 heteroatoms. The number of hydrogen-bond donors (Lipinski definition) is 0. The third-order valence-corrected chi connectivity index (χ3v) is 4.75. The summed E-state index contributed by atoms with van der Waals surface area (Å²) in [6.07, 6.45) is 0.218. The third-order valence-electron chi connectivity index (χ3n) is 3.89. The summed E-state index contributed by atoms with van der Waals surface area (Å²) in [4.78, 5) is 26.1. The second kappa shape index (κ2) is 8.81. The number of likely N-dealkylation sites (N-methyl/N-ethyl adjacent to an activating group) is 1. The average molecular weight is 389 g/mol. The van der Waals surface area contributed by atoms with Crippen molar-refractivity contribution in [1.82, 2.24) is 4.90 Å². The molecule has 2 rings (SSSR count). The van der Waals surface area contributed by atoms with Crippen molar-refractivity contribution in [3.05, 3.63) is 71.3 Å². The van der Waals surface area contributed by atoms with Gasteiger partial charge in [0.15, 0.2) is 15.9 Å². The largest absolute Gasteiger partial charge is 0.449 e. The lowest BCUT2D eigenvalue weighted by molar-refractivity contribution is -0.139. The van der Waals surface area contributed by atoms with Crippen LogP contribution < -0.4 is 0 Å². The lowest BCUT2D eigenvalue weighted by Crippen LogP contribution is -2.37. The van der Waals surface area contributed by atoms with E-state index in [0.29, 0.717) is 12.1 Å². The lowest BCUT2D eigenvalue weighted by atomic mass is 10.1. The monoisotopic (exact) mass is 389 g/mol. The molecule has 6 nitrogen and oxygen atoms in total. The standard InChI is InChI=1S/C20H23NO5S/c1-15(19(22)21(2)13-16-7-5-4-6-8-16)26-20(23)18-11-9-17(10-12-18)14-27(3,24)25/h4-12,15H,13-14H2,1-3H3/t15-/m0/s1. The predicted molar refractivity (Wildman–Crippen MR) is 103 cm³/mol. The molecule has 27 heavy (non-hydrogen) atoms. The highest BCUT2D eigenvalue weighted by atomic mass is 32.2. The normalized spacial score (nSPS) is 12.3. The van der Waals surface area contributed by atoms with Crippen molar-refractivity contribution in [2.75, 3.05) is 13.3 Å². The van der Waals surface area contributed by atoms with Gasteiger partial charge in [-0.1, -0.05) is 42.5 Å². The number of carbonyl (C=O) groups excluding carboxylic acids is 2. The van der Waals surface area contributed by atoms with Gasteiger partial charge in [0, 0.05) is 19.8 Å². The van der Waals surface area contributed by atoms with E-state index in [1.807, 2.05) is 30.3 Å². The number of esters is 1. The van der Waals surface area contributed by atoms with Crippen LogP contribution in [0.25, 0.3) is 0 Å². The molecule has 0 bridgehead atoms. The molecule has 1 amide bonds. The average Bonchev–Trinajstić information content (AvgIpc) is 2.61. The number of benzene rings is 2. The molecule has 2 aromatic carbocycles. The van der Waals surface area contributed by atoms with Gasteiger partial charge in [-0.15, -0.1) is 0 Å². The Morgan fingerprint density at radius 3 is 2.15 bits per heavy atom. The predicted octanol–water partition coefficient (Wildman–Crippen LogP) is 2.44. The fraction of sp³-hybridized carbons (Fsp3) is 0.300. The maximum Gasteiger partial charge on any atom is 0.338 e. The minimum absolute atomic E-state index is 0.0957. The van der Waals surface area contributed by atoms with Crippen molar-refractivity contribution < 1.29 is 22.7 Å². The Hall–Kier alpha value is -2.67. The molecule has 1 atom stereocenters. The van der Waals surface area contributed by atoms with E-state index in [0.717, 1.165) is 11.8 Å². The van der Waals surface area contributed by atoms with Gasteiger partial charge in [-0.2, -0.15) is 0 Å². The number of carbonyl (C=O) groups is 2. The van der Waals surface area contributed by atoms with Crippen LogP contribution in [0.1, 0.15) is 28.4 Å². The summed E-state index contributed by atoms with van der Waals surface area (Å²) in [6, 6.07) is 15.6. The van der Waals surface area contributed by atoms with Crippen molar-refractivity contribution in [3.8, 4) is 0 Å². The van der Waals surface area contributed by atoms with Crippen molar-refractivity contribution >= 4 is 21.7 Å². The molecule has 0 unspecified atom stereocenters. The fourth-order valence-electron chi connectivity index (χ4n) is 2.56. The zero-order valence-corrected chi connectivity index (χ0v) is 16.4. The van der Waals surface area contributed by atoms with E-state index in [1.54, 1.807) is 19.2 Å². The van der Waals surface area contributed by atoms with Gasteiger partial charge in [0.25, 0.3) is 5.91 Å². The van der Waals surface area contributed by atoms with Crippen LogP contribution in [-0.4, -0.2) is 44.6 Å². The van der Waals surface area contributed by atoms with Crippen LogP contribution in [0.4, 0.5) is 0 Å². The number of rotatable bonds is 7. The van der Waals surface area contributed by atoms with Gasteiger partial charge in [-0.3, -0.25) is 4.79 Å². The Bertz CT molecular complexity index is 892. The van der Waals surface area contributed by atoms with Gasteiger partial charge in [0.2, 0.25) is 0 Å². The molecule has 0 spiro atoms. The Kier molecular flexibility index (Phi) is 6.74. The molecular formula is C20H23NO5S. The Morgan fingerprint density at radius 2 is 1.59 bits per heavy atom. The minimum Gasteiger partial charge on any atom is -0.449 e. The SMILES string of the molecule is C[C@H](OC(=O)c1ccc(CS(C)(=O)=O)cc1)C(=O)N(C)Cc1ccccc1. The second-order valence-electron chi connectivity index (χ2n) is 6.49. The molecular weight excluding hydrogens is 366 g/mol. The van der Waals surface area contributed by atoms with Crippen molar-refractivity contribution in [1.29, 1.82) is 0 Å². The summed E-state index contributed by atoms with van der Waals surface area (Å²) in [7, 11) is -1.49. The summed E-state index contributed by atoms with van der Waals surface area (Å²) < 4.78 is 27.9. The van der Waals surface area contributed by atoms with E-state index in [4.69, 9.17) is 4.74 Å². The molecule has 0 aliphatic rings. The highest BCUT2D eigenvalue weighted by molar-refractivity contribution is 7.89. The number of ether oxygens (including phenoxy) is 1. The molecule has 0 heterocycles. The Morgan fingerprint density at radius 1 is 1.00 bits per heavy atom. The molecule has 144 valence electrons. The summed E-state index contributed by atoms with van der Waals surface area (Å²) in [6.45, 7) is 1.95. The lowest BCUT2D eigenvalue weighted by Gasteiger charge is -2.21. The van der Waals surface area contributed by atoms with Crippen molar-refractivity contribution in [2.45, 2.75) is 25.3 Å². The van der Waals surface area contributed by atoms with Gasteiger partial charge in [0.05, 0.1) is 11.3 Å². The first-order chi connectivity index (χ1) is 12.7. The van der Waals surface area contributed by atoms with Gasteiger partial charge in [-0.05, 0) is 30.2 Å². The van der Waals surface area contributed by atoms with Gasteiger partial charge in [0.1, 0.15) is 0 Å². The molecule has 0 radical (unpaired) electrons.